The molecule has 5 heteroatoms. The average molecular weight is 304 g/mol. The van der Waals surface area contributed by atoms with Crippen molar-refractivity contribution in [1.29, 1.82) is 0 Å². The van der Waals surface area contributed by atoms with E-state index >= 15 is 0 Å². The minimum absolute atomic E-state index is 0.145. The van der Waals surface area contributed by atoms with Gasteiger partial charge in [0.05, 0.1) is 11.4 Å². The highest BCUT2D eigenvalue weighted by Crippen LogP contribution is 2.25. The molecule has 2 aromatic carbocycles. The third-order valence-corrected chi connectivity index (χ3v) is 3.51. The highest BCUT2D eigenvalue weighted by atomic mass is 35.5. The number of amides is 1. The quantitative estimate of drug-likeness (QED) is 0.854. The Hall–Kier alpha value is -2.20. The average Bonchev–Trinajstić information content (AvgIpc) is 2.48. The van der Waals surface area contributed by atoms with Crippen LogP contribution in [-0.2, 0) is 6.54 Å². The van der Waals surface area contributed by atoms with Crippen molar-refractivity contribution in [3.63, 3.8) is 0 Å². The number of anilines is 2. The van der Waals surface area contributed by atoms with Gasteiger partial charge in [0.2, 0.25) is 0 Å². The molecule has 0 aromatic heterocycles. The van der Waals surface area contributed by atoms with E-state index in [-0.39, 0.29) is 5.91 Å². The molecule has 0 saturated carbocycles. The van der Waals surface area contributed by atoms with Gasteiger partial charge in [-0.25, -0.2) is 0 Å². The topological polar surface area (TPSA) is 58.4 Å². The molecule has 0 fully saturated rings. The summed E-state index contributed by atoms with van der Waals surface area (Å²) >= 11 is 5.88. The first-order chi connectivity index (χ1) is 10.0. The maximum Gasteiger partial charge on any atom is 0.251 e. The second-order valence-electron chi connectivity index (χ2n) is 4.84. The van der Waals surface area contributed by atoms with Crippen LogP contribution in [0.5, 0.6) is 0 Å². The van der Waals surface area contributed by atoms with Crippen molar-refractivity contribution >= 4 is 28.9 Å². The third kappa shape index (κ3) is 3.67. The normalized spacial score (nSPS) is 10.2. The Kier molecular flexibility index (Phi) is 4.70. The van der Waals surface area contributed by atoms with Crippen molar-refractivity contribution in [2.45, 2.75) is 6.54 Å². The fourth-order valence-corrected chi connectivity index (χ4v) is 2.26. The van der Waals surface area contributed by atoms with Crippen molar-refractivity contribution in [3.8, 4) is 0 Å². The van der Waals surface area contributed by atoms with Crippen LogP contribution < -0.4 is 16.0 Å². The van der Waals surface area contributed by atoms with Crippen LogP contribution in [0.1, 0.15) is 15.9 Å². The molecule has 0 atom stereocenters. The zero-order valence-electron chi connectivity index (χ0n) is 12.1. The van der Waals surface area contributed by atoms with E-state index in [9.17, 15) is 4.79 Å². The number of nitrogen functional groups attached to an aromatic ring is 1. The van der Waals surface area contributed by atoms with E-state index in [1.54, 1.807) is 19.2 Å². The van der Waals surface area contributed by atoms with Crippen LogP contribution in [-0.4, -0.2) is 20.0 Å². The Morgan fingerprint density at radius 3 is 2.48 bits per heavy atom. The van der Waals surface area contributed by atoms with Crippen molar-refractivity contribution in [3.05, 3.63) is 58.6 Å². The van der Waals surface area contributed by atoms with Gasteiger partial charge in [-0.1, -0.05) is 23.7 Å². The number of nitrogens with two attached hydrogens (primary N) is 1. The van der Waals surface area contributed by atoms with Gasteiger partial charge in [0.25, 0.3) is 5.91 Å². The number of halogens is 1. The molecule has 1 amide bonds. The van der Waals surface area contributed by atoms with E-state index in [0.717, 1.165) is 16.3 Å². The first-order valence-electron chi connectivity index (χ1n) is 6.58. The highest BCUT2D eigenvalue weighted by molar-refractivity contribution is 6.30. The number of nitrogens with zero attached hydrogens (tertiary/aromatic N) is 1. The predicted molar refractivity (Wildman–Crippen MR) is 87.8 cm³/mol. The smallest absolute Gasteiger partial charge is 0.251 e. The zero-order chi connectivity index (χ0) is 15.4. The lowest BCUT2D eigenvalue weighted by Gasteiger charge is -2.21. The maximum absolute atomic E-state index is 11.6. The standard InChI is InChI=1S/C16H18ClN3O/c1-19-16(21)12-5-8-15(14(18)9-12)20(2)10-11-3-6-13(17)7-4-11/h3-9H,10,18H2,1-2H3,(H,19,21). The molecule has 0 aliphatic heterocycles. The number of benzene rings is 2. The number of carbonyl (C=O) groups excluding carboxylic acids is 1. The van der Waals surface area contributed by atoms with Gasteiger partial charge in [0, 0.05) is 31.2 Å². The Morgan fingerprint density at radius 2 is 1.90 bits per heavy atom. The summed E-state index contributed by atoms with van der Waals surface area (Å²) in [5.41, 5.74) is 9.20. The number of rotatable bonds is 4. The molecule has 0 unspecified atom stereocenters. The maximum atomic E-state index is 11.6. The summed E-state index contributed by atoms with van der Waals surface area (Å²) in [7, 11) is 3.55. The van der Waals surface area contributed by atoms with Crippen molar-refractivity contribution in [1.82, 2.24) is 5.32 Å². The first-order valence-corrected chi connectivity index (χ1v) is 6.96. The molecule has 0 aliphatic rings. The van der Waals surface area contributed by atoms with E-state index in [0.29, 0.717) is 17.8 Å². The van der Waals surface area contributed by atoms with Crippen molar-refractivity contribution in [2.75, 3.05) is 24.7 Å². The molecule has 21 heavy (non-hydrogen) atoms. The largest absolute Gasteiger partial charge is 0.397 e. The Morgan fingerprint density at radius 1 is 1.24 bits per heavy atom. The van der Waals surface area contributed by atoms with Crippen LogP contribution in [0.4, 0.5) is 11.4 Å². The van der Waals surface area contributed by atoms with E-state index in [2.05, 4.69) is 5.32 Å². The predicted octanol–water partition coefficient (Wildman–Crippen LogP) is 2.92. The molecule has 0 spiro atoms. The molecular formula is C16H18ClN3O. The molecule has 110 valence electrons. The van der Waals surface area contributed by atoms with Gasteiger partial charge in [0.1, 0.15) is 0 Å². The molecule has 0 heterocycles. The molecule has 0 radical (unpaired) electrons. The first kappa shape index (κ1) is 15.2. The Balaban J connectivity index is 2.17. The van der Waals surface area contributed by atoms with Gasteiger partial charge in [-0.3, -0.25) is 4.79 Å². The second-order valence-corrected chi connectivity index (χ2v) is 5.27. The highest BCUT2D eigenvalue weighted by Gasteiger charge is 2.10. The van der Waals surface area contributed by atoms with Crippen LogP contribution in [0.2, 0.25) is 5.02 Å². The third-order valence-electron chi connectivity index (χ3n) is 3.26. The number of carbonyl (C=O) groups is 1. The fraction of sp³-hybridized carbons (Fsp3) is 0.188. The van der Waals surface area contributed by atoms with Crippen molar-refractivity contribution in [2.24, 2.45) is 0 Å². The van der Waals surface area contributed by atoms with Crippen LogP contribution in [0.15, 0.2) is 42.5 Å². The number of nitrogens with one attached hydrogen (secondary N) is 1. The summed E-state index contributed by atoms with van der Waals surface area (Å²) in [6.45, 7) is 0.709. The van der Waals surface area contributed by atoms with Gasteiger partial charge >= 0.3 is 0 Å². The minimum Gasteiger partial charge on any atom is -0.397 e. The lowest BCUT2D eigenvalue weighted by Crippen LogP contribution is -2.20. The minimum atomic E-state index is -0.145. The lowest BCUT2D eigenvalue weighted by atomic mass is 10.1. The van der Waals surface area contributed by atoms with Crippen LogP contribution in [0.3, 0.4) is 0 Å². The number of hydrogen-bond acceptors (Lipinski definition) is 3. The summed E-state index contributed by atoms with van der Waals surface area (Å²) in [6, 6.07) is 13.0. The van der Waals surface area contributed by atoms with E-state index in [4.69, 9.17) is 17.3 Å². The van der Waals surface area contributed by atoms with Crippen LogP contribution in [0, 0.1) is 0 Å². The van der Waals surface area contributed by atoms with Gasteiger partial charge in [-0.15, -0.1) is 0 Å². The summed E-state index contributed by atoms with van der Waals surface area (Å²) in [6.07, 6.45) is 0. The van der Waals surface area contributed by atoms with Gasteiger partial charge in [-0.05, 0) is 35.9 Å². The van der Waals surface area contributed by atoms with Crippen molar-refractivity contribution < 1.29 is 4.79 Å². The molecule has 3 N–H and O–H groups in total. The number of hydrogen-bond donors (Lipinski definition) is 2. The van der Waals surface area contributed by atoms with E-state index in [1.807, 2.05) is 42.3 Å². The molecule has 2 aromatic rings. The summed E-state index contributed by atoms with van der Waals surface area (Å²) < 4.78 is 0. The second kappa shape index (κ2) is 6.50. The summed E-state index contributed by atoms with van der Waals surface area (Å²) in [4.78, 5) is 13.6. The Bertz CT molecular complexity index is 640. The SMILES string of the molecule is CNC(=O)c1ccc(N(C)Cc2ccc(Cl)cc2)c(N)c1. The lowest BCUT2D eigenvalue weighted by molar-refractivity contribution is 0.0963. The molecule has 4 nitrogen and oxygen atoms in total. The molecule has 0 saturated heterocycles. The Labute approximate surface area is 129 Å². The molecule has 0 aliphatic carbocycles. The zero-order valence-corrected chi connectivity index (χ0v) is 12.8. The van der Waals surface area contributed by atoms with Gasteiger partial charge in [-0.2, -0.15) is 0 Å². The van der Waals surface area contributed by atoms with E-state index < -0.39 is 0 Å². The van der Waals surface area contributed by atoms with Gasteiger partial charge < -0.3 is 16.0 Å². The van der Waals surface area contributed by atoms with Gasteiger partial charge in [0.15, 0.2) is 0 Å². The van der Waals surface area contributed by atoms with Crippen LogP contribution >= 0.6 is 11.6 Å². The molecule has 0 bridgehead atoms. The monoisotopic (exact) mass is 303 g/mol. The molecular weight excluding hydrogens is 286 g/mol. The van der Waals surface area contributed by atoms with Crippen LogP contribution in [0.25, 0.3) is 0 Å². The summed E-state index contributed by atoms with van der Waals surface area (Å²) in [5, 5.41) is 3.30. The molecule has 2 rings (SSSR count). The fourth-order valence-electron chi connectivity index (χ4n) is 2.14. The van der Waals surface area contributed by atoms with E-state index in [1.165, 1.54) is 0 Å². The summed E-state index contributed by atoms with van der Waals surface area (Å²) in [5.74, 6) is -0.145.